The number of hydrogen-bond donors (Lipinski definition) is 1. The van der Waals surface area contributed by atoms with Crippen molar-refractivity contribution >= 4 is 45.7 Å². The van der Waals surface area contributed by atoms with Crippen molar-refractivity contribution in [1.29, 1.82) is 0 Å². The van der Waals surface area contributed by atoms with Gasteiger partial charge < -0.3 is 5.32 Å². The highest BCUT2D eigenvalue weighted by atomic mass is 35.5. The van der Waals surface area contributed by atoms with Gasteiger partial charge in [0.25, 0.3) is 0 Å². The molecule has 9 heteroatoms. The van der Waals surface area contributed by atoms with Crippen molar-refractivity contribution in [3.8, 4) is 5.69 Å². The lowest BCUT2D eigenvalue weighted by Crippen LogP contribution is -1.98. The normalized spacial score (nSPS) is 11.1. The van der Waals surface area contributed by atoms with E-state index in [-0.39, 0.29) is 5.52 Å². The maximum Gasteiger partial charge on any atom is 0.169 e. The minimum Gasteiger partial charge on any atom is -0.324 e. The first-order valence-corrected chi connectivity index (χ1v) is 8.23. The number of anilines is 2. The number of aromatic nitrogens is 5. The molecule has 0 aliphatic carbocycles. The molecule has 3 heterocycles. The third kappa shape index (κ3) is 2.95. The molecule has 0 aliphatic heterocycles. The Hall–Kier alpha value is -2.77. The summed E-state index contributed by atoms with van der Waals surface area (Å²) < 4.78 is 15.7. The van der Waals surface area contributed by atoms with E-state index in [1.54, 1.807) is 24.4 Å². The van der Waals surface area contributed by atoms with Crippen LogP contribution in [0.25, 0.3) is 16.6 Å². The number of benzene rings is 1. The summed E-state index contributed by atoms with van der Waals surface area (Å²) in [6, 6.07) is 7.69. The van der Waals surface area contributed by atoms with Gasteiger partial charge in [0.2, 0.25) is 0 Å². The molecule has 0 saturated heterocycles. The third-order valence-electron chi connectivity index (χ3n) is 3.65. The van der Waals surface area contributed by atoms with E-state index in [1.807, 2.05) is 6.92 Å². The summed E-state index contributed by atoms with van der Waals surface area (Å²) in [6.07, 6.45) is 4.13. The number of rotatable bonds is 3. The van der Waals surface area contributed by atoms with Crippen molar-refractivity contribution < 1.29 is 4.39 Å². The number of hydrogen-bond acceptors (Lipinski definition) is 5. The highest BCUT2D eigenvalue weighted by Crippen LogP contribution is 2.31. The lowest BCUT2D eigenvalue weighted by atomic mass is 10.3. The second kappa shape index (κ2) is 6.51. The smallest absolute Gasteiger partial charge is 0.169 e. The number of pyridine rings is 1. The molecular formula is C17H10Cl2FN6. The predicted molar refractivity (Wildman–Crippen MR) is 97.7 cm³/mol. The highest BCUT2D eigenvalue weighted by Gasteiger charge is 2.16. The van der Waals surface area contributed by atoms with Crippen molar-refractivity contribution in [2.45, 2.75) is 6.92 Å². The van der Waals surface area contributed by atoms with E-state index in [1.165, 1.54) is 11.0 Å². The van der Waals surface area contributed by atoms with Crippen LogP contribution in [0, 0.1) is 18.8 Å². The molecule has 4 aromatic rings. The number of nitrogens with zero attached hydrogens (tertiary/aromatic N) is 5. The summed E-state index contributed by atoms with van der Waals surface area (Å²) in [4.78, 5) is 12.3. The summed E-state index contributed by atoms with van der Waals surface area (Å²) in [5, 5.41) is 8.48. The Morgan fingerprint density at radius 2 is 1.92 bits per heavy atom. The molecule has 4 rings (SSSR count). The molecule has 0 saturated carbocycles. The topological polar surface area (TPSA) is 68.5 Å². The van der Waals surface area contributed by atoms with E-state index >= 15 is 0 Å². The summed E-state index contributed by atoms with van der Waals surface area (Å²) >= 11 is 12.4. The molecule has 129 valence electrons. The average molecular weight is 388 g/mol. The zero-order chi connectivity index (χ0) is 18.3. The fourth-order valence-corrected chi connectivity index (χ4v) is 3.04. The Kier molecular flexibility index (Phi) is 4.18. The van der Waals surface area contributed by atoms with Crippen LogP contribution in [0.4, 0.5) is 16.0 Å². The van der Waals surface area contributed by atoms with E-state index < -0.39 is 5.82 Å². The molecule has 0 atom stereocenters. The Morgan fingerprint density at radius 3 is 2.65 bits per heavy atom. The number of aryl methyl sites for hydroxylation is 1. The maximum absolute atomic E-state index is 14.2. The lowest BCUT2D eigenvalue weighted by Gasteiger charge is -2.06. The molecular weight excluding hydrogens is 378 g/mol. The van der Waals surface area contributed by atoms with Crippen LogP contribution in [0.2, 0.25) is 10.0 Å². The van der Waals surface area contributed by atoms with Gasteiger partial charge in [-0.2, -0.15) is 5.10 Å². The minimum atomic E-state index is -0.557. The monoisotopic (exact) mass is 387 g/mol. The first-order chi connectivity index (χ1) is 12.5. The minimum absolute atomic E-state index is 0.133. The molecule has 1 N–H and O–H groups in total. The van der Waals surface area contributed by atoms with Gasteiger partial charge in [-0.15, -0.1) is 0 Å². The predicted octanol–water partition coefficient (Wildman–Crippen LogP) is 4.51. The highest BCUT2D eigenvalue weighted by molar-refractivity contribution is 6.37. The fourth-order valence-electron chi connectivity index (χ4n) is 2.49. The largest absolute Gasteiger partial charge is 0.324 e. The molecule has 3 aromatic heterocycles. The van der Waals surface area contributed by atoms with Crippen molar-refractivity contribution in [2.24, 2.45) is 0 Å². The molecule has 0 aliphatic rings. The molecule has 0 fully saturated rings. The van der Waals surface area contributed by atoms with Crippen LogP contribution in [0.1, 0.15) is 5.69 Å². The number of nitrogens with one attached hydrogen (secondary N) is 1. The van der Waals surface area contributed by atoms with Crippen LogP contribution in [0.3, 0.4) is 0 Å². The van der Waals surface area contributed by atoms with Gasteiger partial charge in [0, 0.05) is 18.0 Å². The lowest BCUT2D eigenvalue weighted by molar-refractivity contribution is 0.629. The van der Waals surface area contributed by atoms with Crippen LogP contribution < -0.4 is 5.32 Å². The summed E-state index contributed by atoms with van der Waals surface area (Å²) in [5.41, 5.74) is 1.36. The van der Waals surface area contributed by atoms with E-state index in [0.717, 1.165) is 11.9 Å². The maximum atomic E-state index is 14.2. The summed E-state index contributed by atoms with van der Waals surface area (Å²) in [7, 11) is 0. The Balaban J connectivity index is 1.86. The molecule has 26 heavy (non-hydrogen) atoms. The third-order valence-corrected chi connectivity index (χ3v) is 4.23. The van der Waals surface area contributed by atoms with E-state index in [2.05, 4.69) is 31.4 Å². The standard InChI is InChI=1S/C17H10Cl2FN6/c1-9-5-14(23-8-22-9)24-17-10-7-26(25-15(10)13(20)6-21-17)16-11(18)3-2-4-12(16)19/h3-8H,1H3,(H,21,22,23,24). The SMILES string of the molecule is Cc1cc(Nc2ncc(F)c3nn(-c4c(Cl)c[c]cc4Cl)cc23)ncn1. The van der Waals surface area contributed by atoms with Crippen LogP contribution in [-0.2, 0) is 0 Å². The fraction of sp³-hybridized carbons (Fsp3) is 0.0588. The van der Waals surface area contributed by atoms with Crippen LogP contribution in [0.15, 0.2) is 36.9 Å². The van der Waals surface area contributed by atoms with Crippen LogP contribution >= 0.6 is 23.2 Å². The van der Waals surface area contributed by atoms with Gasteiger partial charge in [0.1, 0.15) is 29.2 Å². The van der Waals surface area contributed by atoms with Gasteiger partial charge >= 0.3 is 0 Å². The van der Waals surface area contributed by atoms with Gasteiger partial charge in [0.15, 0.2) is 5.82 Å². The Bertz CT molecular complexity index is 1110. The van der Waals surface area contributed by atoms with Gasteiger partial charge in [-0.25, -0.2) is 24.0 Å². The zero-order valence-electron chi connectivity index (χ0n) is 13.3. The Labute approximate surface area is 157 Å². The molecule has 6 nitrogen and oxygen atoms in total. The van der Waals surface area contributed by atoms with Crippen LogP contribution in [0.5, 0.6) is 0 Å². The average Bonchev–Trinajstić information content (AvgIpc) is 3.03. The van der Waals surface area contributed by atoms with Gasteiger partial charge in [-0.05, 0) is 25.1 Å². The van der Waals surface area contributed by atoms with E-state index in [0.29, 0.717) is 32.8 Å². The first-order valence-electron chi connectivity index (χ1n) is 7.48. The van der Waals surface area contributed by atoms with Crippen LogP contribution in [-0.4, -0.2) is 24.7 Å². The molecule has 1 aromatic carbocycles. The molecule has 0 bridgehead atoms. The molecule has 0 unspecified atom stereocenters. The van der Waals surface area contributed by atoms with Crippen molar-refractivity contribution in [1.82, 2.24) is 24.7 Å². The second-order valence-corrected chi connectivity index (χ2v) is 6.27. The van der Waals surface area contributed by atoms with Gasteiger partial charge in [-0.3, -0.25) is 0 Å². The summed E-state index contributed by atoms with van der Waals surface area (Å²) in [6.45, 7) is 1.84. The number of fused-ring (bicyclic) bond motifs is 1. The zero-order valence-corrected chi connectivity index (χ0v) is 14.8. The van der Waals surface area contributed by atoms with E-state index in [9.17, 15) is 4.39 Å². The summed E-state index contributed by atoms with van der Waals surface area (Å²) in [5.74, 6) is 0.384. The van der Waals surface area contributed by atoms with Gasteiger partial charge in [-0.1, -0.05) is 23.2 Å². The van der Waals surface area contributed by atoms with Crippen molar-refractivity contribution in [3.63, 3.8) is 0 Å². The Morgan fingerprint density at radius 1 is 1.15 bits per heavy atom. The van der Waals surface area contributed by atoms with Crippen molar-refractivity contribution in [3.05, 3.63) is 64.5 Å². The molecule has 1 radical (unpaired) electrons. The van der Waals surface area contributed by atoms with Crippen molar-refractivity contribution in [2.75, 3.05) is 5.32 Å². The quantitative estimate of drug-likeness (QED) is 0.559. The van der Waals surface area contributed by atoms with E-state index in [4.69, 9.17) is 23.2 Å². The second-order valence-electron chi connectivity index (χ2n) is 5.46. The van der Waals surface area contributed by atoms with Gasteiger partial charge in [0.05, 0.1) is 21.6 Å². The first kappa shape index (κ1) is 16.7. The number of halogens is 3. The molecule has 0 amide bonds. The molecule has 0 spiro atoms.